The molecule has 0 aliphatic carbocycles. The average molecular weight is 535 g/mol. The van der Waals surface area contributed by atoms with Gasteiger partial charge in [0.25, 0.3) is 5.91 Å². The van der Waals surface area contributed by atoms with Crippen molar-refractivity contribution in [2.24, 2.45) is 0 Å². The van der Waals surface area contributed by atoms with Gasteiger partial charge in [-0.25, -0.2) is 9.18 Å². The SMILES string of the molecule is O=C(O)c1ccc(Cl)c(NC(=O)C(Sc2cccc(NC(=O)c3ccccc3F)c2)c2ccccc2)c1. The van der Waals surface area contributed by atoms with Gasteiger partial charge >= 0.3 is 5.97 Å². The maximum atomic E-state index is 14.0. The van der Waals surface area contributed by atoms with Crippen LogP contribution in [0.2, 0.25) is 5.02 Å². The van der Waals surface area contributed by atoms with Crippen molar-refractivity contribution in [1.82, 2.24) is 0 Å². The lowest BCUT2D eigenvalue weighted by Gasteiger charge is -2.18. The second-order valence-corrected chi connectivity index (χ2v) is 9.45. The van der Waals surface area contributed by atoms with Crippen molar-refractivity contribution in [2.45, 2.75) is 10.1 Å². The number of nitrogens with one attached hydrogen (secondary N) is 2. The summed E-state index contributed by atoms with van der Waals surface area (Å²) in [6.45, 7) is 0. The van der Waals surface area contributed by atoms with Crippen LogP contribution in [0.3, 0.4) is 0 Å². The standard InChI is InChI=1S/C28H20ClFN2O4S/c29-22-14-13-18(28(35)36)15-24(22)32-27(34)25(17-7-2-1-3-8-17)37-20-10-6-9-19(16-20)31-26(33)21-11-4-5-12-23(21)30/h1-16,25H,(H,31,33)(H,32,34)(H,35,36). The number of hydrogen-bond donors (Lipinski definition) is 3. The maximum Gasteiger partial charge on any atom is 0.335 e. The number of carboxylic acid groups (broad SMARTS) is 1. The number of carbonyl (C=O) groups excluding carboxylic acids is 2. The molecule has 4 rings (SSSR count). The molecule has 6 nitrogen and oxygen atoms in total. The van der Waals surface area contributed by atoms with Crippen LogP contribution in [0.5, 0.6) is 0 Å². The van der Waals surface area contributed by atoms with E-state index in [9.17, 15) is 23.9 Å². The van der Waals surface area contributed by atoms with Crippen LogP contribution in [0.4, 0.5) is 15.8 Å². The van der Waals surface area contributed by atoms with Crippen molar-refractivity contribution in [3.63, 3.8) is 0 Å². The summed E-state index contributed by atoms with van der Waals surface area (Å²) in [7, 11) is 0. The third kappa shape index (κ3) is 6.55. The van der Waals surface area contributed by atoms with Crippen LogP contribution in [0.15, 0.2) is 102 Å². The zero-order valence-electron chi connectivity index (χ0n) is 19.2. The Balaban J connectivity index is 1.58. The summed E-state index contributed by atoms with van der Waals surface area (Å²) in [4.78, 5) is 37.9. The van der Waals surface area contributed by atoms with Gasteiger partial charge in [0.05, 0.1) is 21.8 Å². The van der Waals surface area contributed by atoms with Crippen molar-refractivity contribution in [3.8, 4) is 0 Å². The van der Waals surface area contributed by atoms with Crippen molar-refractivity contribution >= 4 is 52.5 Å². The van der Waals surface area contributed by atoms with E-state index in [4.69, 9.17) is 11.6 Å². The molecule has 0 saturated carbocycles. The van der Waals surface area contributed by atoms with E-state index in [1.54, 1.807) is 54.6 Å². The van der Waals surface area contributed by atoms with Gasteiger partial charge < -0.3 is 15.7 Å². The summed E-state index contributed by atoms with van der Waals surface area (Å²) in [6.07, 6.45) is 0. The molecule has 0 aromatic heterocycles. The number of carboxylic acids is 1. The molecule has 37 heavy (non-hydrogen) atoms. The lowest BCUT2D eigenvalue weighted by molar-refractivity contribution is -0.115. The molecule has 0 fully saturated rings. The largest absolute Gasteiger partial charge is 0.478 e. The highest BCUT2D eigenvalue weighted by Gasteiger charge is 2.24. The fraction of sp³-hybridized carbons (Fsp3) is 0.0357. The monoisotopic (exact) mass is 534 g/mol. The highest BCUT2D eigenvalue weighted by Crippen LogP contribution is 2.38. The van der Waals surface area contributed by atoms with Crippen LogP contribution in [0.25, 0.3) is 0 Å². The predicted octanol–water partition coefficient (Wildman–Crippen LogP) is 6.90. The Labute approximate surface area is 221 Å². The minimum Gasteiger partial charge on any atom is -0.478 e. The molecule has 0 saturated heterocycles. The zero-order chi connectivity index (χ0) is 26.4. The molecule has 0 aliphatic rings. The number of aromatic carboxylic acids is 1. The van der Waals surface area contributed by atoms with E-state index in [2.05, 4.69) is 10.6 Å². The molecule has 9 heteroatoms. The van der Waals surface area contributed by atoms with E-state index in [1.165, 1.54) is 48.2 Å². The van der Waals surface area contributed by atoms with Crippen LogP contribution < -0.4 is 10.6 Å². The number of hydrogen-bond acceptors (Lipinski definition) is 4. The van der Waals surface area contributed by atoms with Crippen LogP contribution in [-0.2, 0) is 4.79 Å². The fourth-order valence-corrected chi connectivity index (χ4v) is 4.73. The Morgan fingerprint density at radius 2 is 1.57 bits per heavy atom. The predicted molar refractivity (Wildman–Crippen MR) is 143 cm³/mol. The highest BCUT2D eigenvalue weighted by atomic mass is 35.5. The summed E-state index contributed by atoms with van der Waals surface area (Å²) >= 11 is 7.43. The first kappa shape index (κ1) is 25.9. The van der Waals surface area contributed by atoms with Gasteiger partial charge in [0.2, 0.25) is 5.91 Å². The number of amides is 2. The Hall–Kier alpha value is -4.14. The number of thioether (sulfide) groups is 1. The van der Waals surface area contributed by atoms with Crippen molar-refractivity contribution in [3.05, 3.63) is 125 Å². The van der Waals surface area contributed by atoms with Crippen LogP contribution in [0, 0.1) is 5.82 Å². The Bertz CT molecular complexity index is 1470. The van der Waals surface area contributed by atoms with Gasteiger partial charge in [0.15, 0.2) is 0 Å². The summed E-state index contributed by atoms with van der Waals surface area (Å²) in [5.41, 5.74) is 1.22. The molecule has 0 spiro atoms. The number of rotatable bonds is 8. The summed E-state index contributed by atoms with van der Waals surface area (Å²) in [6, 6.07) is 25.6. The van der Waals surface area contributed by atoms with Crippen molar-refractivity contribution in [2.75, 3.05) is 10.6 Å². The number of carbonyl (C=O) groups is 3. The van der Waals surface area contributed by atoms with Gasteiger partial charge in [-0.2, -0.15) is 0 Å². The number of benzene rings is 4. The second kappa shape index (κ2) is 11.7. The third-order valence-corrected chi connectivity index (χ3v) is 6.85. The minimum absolute atomic E-state index is 0.0121. The molecule has 0 radical (unpaired) electrons. The van der Waals surface area contributed by atoms with E-state index in [-0.39, 0.29) is 21.8 Å². The molecule has 0 heterocycles. The molecule has 1 atom stereocenters. The van der Waals surface area contributed by atoms with Gasteiger partial charge in [0.1, 0.15) is 11.1 Å². The van der Waals surface area contributed by atoms with E-state index in [0.717, 1.165) is 0 Å². The van der Waals surface area contributed by atoms with E-state index in [0.29, 0.717) is 16.1 Å². The molecule has 1 unspecified atom stereocenters. The van der Waals surface area contributed by atoms with E-state index >= 15 is 0 Å². The normalized spacial score (nSPS) is 11.4. The molecule has 0 aliphatic heterocycles. The molecule has 186 valence electrons. The highest BCUT2D eigenvalue weighted by molar-refractivity contribution is 8.00. The lowest BCUT2D eigenvalue weighted by atomic mass is 10.1. The van der Waals surface area contributed by atoms with Gasteiger partial charge in [-0.3, -0.25) is 9.59 Å². The molecule has 4 aromatic rings. The van der Waals surface area contributed by atoms with Crippen LogP contribution >= 0.6 is 23.4 Å². The molecule has 2 amide bonds. The quantitative estimate of drug-likeness (QED) is 0.214. The molecule has 0 bridgehead atoms. The topological polar surface area (TPSA) is 95.5 Å². The molecular formula is C28H20ClFN2O4S. The molecular weight excluding hydrogens is 515 g/mol. The smallest absolute Gasteiger partial charge is 0.335 e. The van der Waals surface area contributed by atoms with Gasteiger partial charge in [-0.05, 0) is 54.1 Å². The summed E-state index contributed by atoms with van der Waals surface area (Å²) in [5.74, 6) is -2.78. The van der Waals surface area contributed by atoms with Gasteiger partial charge in [0, 0.05) is 10.6 Å². The first-order chi connectivity index (χ1) is 17.8. The van der Waals surface area contributed by atoms with Crippen molar-refractivity contribution in [1.29, 1.82) is 0 Å². The van der Waals surface area contributed by atoms with Crippen LogP contribution in [-0.4, -0.2) is 22.9 Å². The van der Waals surface area contributed by atoms with Gasteiger partial charge in [-0.15, -0.1) is 11.8 Å². The number of halogens is 2. The Morgan fingerprint density at radius 3 is 2.30 bits per heavy atom. The maximum absolute atomic E-state index is 14.0. The first-order valence-electron chi connectivity index (χ1n) is 11.0. The van der Waals surface area contributed by atoms with Gasteiger partial charge in [-0.1, -0.05) is 60.1 Å². The second-order valence-electron chi connectivity index (χ2n) is 7.86. The fourth-order valence-electron chi connectivity index (χ4n) is 3.48. The zero-order valence-corrected chi connectivity index (χ0v) is 20.7. The lowest BCUT2D eigenvalue weighted by Crippen LogP contribution is -2.19. The average Bonchev–Trinajstić information content (AvgIpc) is 2.89. The minimum atomic E-state index is -1.14. The van der Waals surface area contributed by atoms with Crippen molar-refractivity contribution < 1.29 is 23.9 Å². The Kier molecular flexibility index (Phi) is 8.22. The van der Waals surface area contributed by atoms with Crippen LogP contribution in [0.1, 0.15) is 31.5 Å². The molecule has 4 aromatic carbocycles. The first-order valence-corrected chi connectivity index (χ1v) is 12.3. The molecule has 3 N–H and O–H groups in total. The van der Waals surface area contributed by atoms with E-state index in [1.807, 2.05) is 6.07 Å². The third-order valence-electron chi connectivity index (χ3n) is 5.28. The number of anilines is 2. The summed E-state index contributed by atoms with van der Waals surface area (Å²) in [5, 5.41) is 14.2. The Morgan fingerprint density at radius 1 is 0.838 bits per heavy atom. The van der Waals surface area contributed by atoms with E-state index < -0.39 is 28.9 Å². The summed E-state index contributed by atoms with van der Waals surface area (Å²) < 4.78 is 14.0.